The van der Waals surface area contributed by atoms with E-state index < -0.39 is 6.17 Å². The number of amides is 1. The summed E-state index contributed by atoms with van der Waals surface area (Å²) in [4.78, 5) is 19.5. The monoisotopic (exact) mass is 403 g/mol. The van der Waals surface area contributed by atoms with Crippen LogP contribution < -0.4 is 19.7 Å². The fraction of sp³-hybridized carbons (Fsp3) is 0.250. The summed E-state index contributed by atoms with van der Waals surface area (Å²) in [5.41, 5.74) is 3.96. The van der Waals surface area contributed by atoms with Gasteiger partial charge in [-0.05, 0) is 57.2 Å². The number of anilines is 2. The second kappa shape index (κ2) is 8.45. The summed E-state index contributed by atoms with van der Waals surface area (Å²) in [6, 6.07) is 17.2. The summed E-state index contributed by atoms with van der Waals surface area (Å²) in [6.45, 7) is 7.00. The smallest absolute Gasteiger partial charge is 0.262 e. The Balaban J connectivity index is 1.77. The Bertz CT molecular complexity index is 1050. The molecular weight excluding hydrogens is 378 g/mol. The van der Waals surface area contributed by atoms with E-state index in [1.54, 1.807) is 17.2 Å². The van der Waals surface area contributed by atoms with Crippen molar-refractivity contribution in [1.82, 2.24) is 4.98 Å². The first-order chi connectivity index (χ1) is 14.6. The average Bonchev–Trinajstić information content (AvgIpc) is 3.03. The largest absolute Gasteiger partial charge is 0.494 e. The number of pyridine rings is 1. The van der Waals surface area contributed by atoms with Crippen molar-refractivity contribution in [3.8, 4) is 11.5 Å². The summed E-state index contributed by atoms with van der Waals surface area (Å²) < 4.78 is 11.5. The summed E-state index contributed by atoms with van der Waals surface area (Å²) in [6.07, 6.45) is 1.24. The molecule has 1 aliphatic rings. The number of carbonyl (C=O) groups excluding carboxylic acids is 1. The molecule has 0 bridgehead atoms. The van der Waals surface area contributed by atoms with Gasteiger partial charge in [0.2, 0.25) is 0 Å². The molecule has 0 spiro atoms. The van der Waals surface area contributed by atoms with Gasteiger partial charge >= 0.3 is 0 Å². The lowest BCUT2D eigenvalue weighted by Gasteiger charge is -2.27. The Kier molecular flexibility index (Phi) is 5.57. The quantitative estimate of drug-likeness (QED) is 0.604. The third-order valence-electron chi connectivity index (χ3n) is 4.97. The number of fused-ring (bicyclic) bond motifs is 1. The second-order valence-corrected chi connectivity index (χ2v) is 7.02. The molecule has 2 aromatic carbocycles. The molecule has 1 aliphatic heterocycles. The van der Waals surface area contributed by atoms with Crippen molar-refractivity contribution in [3.05, 3.63) is 77.6 Å². The first-order valence-corrected chi connectivity index (χ1v) is 10.1. The van der Waals surface area contributed by atoms with Crippen LogP contribution in [0.2, 0.25) is 0 Å². The van der Waals surface area contributed by atoms with Crippen LogP contribution in [-0.2, 0) is 0 Å². The van der Waals surface area contributed by atoms with Crippen molar-refractivity contribution < 1.29 is 14.3 Å². The molecule has 1 unspecified atom stereocenters. The normalized spacial score (nSPS) is 15.1. The number of aromatic nitrogens is 1. The van der Waals surface area contributed by atoms with Gasteiger partial charge in [0.05, 0.1) is 30.2 Å². The summed E-state index contributed by atoms with van der Waals surface area (Å²) in [5.74, 6) is 1.34. The molecule has 1 N–H and O–H groups in total. The number of ether oxygens (including phenoxy) is 2. The number of carbonyl (C=O) groups is 1. The zero-order chi connectivity index (χ0) is 21.1. The lowest BCUT2D eigenvalue weighted by molar-refractivity contribution is 0.0993. The van der Waals surface area contributed by atoms with E-state index in [2.05, 4.69) is 10.3 Å². The highest BCUT2D eigenvalue weighted by atomic mass is 16.5. The Labute approximate surface area is 176 Å². The molecule has 1 aromatic heterocycles. The van der Waals surface area contributed by atoms with Gasteiger partial charge < -0.3 is 14.8 Å². The Morgan fingerprint density at radius 2 is 1.80 bits per heavy atom. The lowest BCUT2D eigenvalue weighted by atomic mass is 10.2. The van der Waals surface area contributed by atoms with Gasteiger partial charge in [0, 0.05) is 18.0 Å². The number of hydrogen-bond donors (Lipinski definition) is 1. The number of nitrogens with one attached hydrogen (secondary N) is 1. The molecule has 0 fully saturated rings. The fourth-order valence-electron chi connectivity index (χ4n) is 3.60. The molecule has 6 nitrogen and oxygen atoms in total. The highest BCUT2D eigenvalue weighted by Crippen LogP contribution is 2.39. The van der Waals surface area contributed by atoms with Gasteiger partial charge in [0.25, 0.3) is 5.91 Å². The summed E-state index contributed by atoms with van der Waals surface area (Å²) in [7, 11) is 0. The zero-order valence-electron chi connectivity index (χ0n) is 17.4. The molecule has 1 atom stereocenters. The third kappa shape index (κ3) is 3.68. The molecule has 0 aliphatic carbocycles. The van der Waals surface area contributed by atoms with Gasteiger partial charge in [-0.1, -0.05) is 17.7 Å². The average molecular weight is 403 g/mol. The first-order valence-electron chi connectivity index (χ1n) is 10.1. The molecule has 0 saturated carbocycles. The molecule has 1 amide bonds. The highest BCUT2D eigenvalue weighted by Gasteiger charge is 2.39. The van der Waals surface area contributed by atoms with Gasteiger partial charge in [0.1, 0.15) is 11.5 Å². The molecule has 3 aromatic rings. The first kappa shape index (κ1) is 19.8. The predicted octanol–water partition coefficient (Wildman–Crippen LogP) is 4.96. The van der Waals surface area contributed by atoms with Crippen LogP contribution in [0.15, 0.2) is 60.8 Å². The van der Waals surface area contributed by atoms with Crippen LogP contribution in [0.5, 0.6) is 11.5 Å². The van der Waals surface area contributed by atoms with E-state index in [-0.39, 0.29) is 5.91 Å². The molecule has 30 heavy (non-hydrogen) atoms. The Morgan fingerprint density at radius 1 is 1.03 bits per heavy atom. The van der Waals surface area contributed by atoms with Crippen LogP contribution in [0.1, 0.15) is 41.6 Å². The summed E-state index contributed by atoms with van der Waals surface area (Å²) in [5, 5.41) is 3.48. The lowest BCUT2D eigenvalue weighted by Crippen LogP contribution is -2.32. The second-order valence-electron chi connectivity index (χ2n) is 7.02. The fourth-order valence-corrected chi connectivity index (χ4v) is 3.60. The number of benzene rings is 2. The maximum Gasteiger partial charge on any atom is 0.262 e. The van der Waals surface area contributed by atoms with Crippen LogP contribution in [0.3, 0.4) is 0 Å². The van der Waals surface area contributed by atoms with Crippen LogP contribution in [0.25, 0.3) is 0 Å². The van der Waals surface area contributed by atoms with Crippen molar-refractivity contribution in [2.75, 3.05) is 23.4 Å². The maximum atomic E-state index is 13.3. The third-order valence-corrected chi connectivity index (χ3v) is 4.97. The van der Waals surface area contributed by atoms with Crippen LogP contribution in [-0.4, -0.2) is 24.1 Å². The molecule has 4 rings (SSSR count). The number of nitrogens with zero attached hydrogens (tertiary/aromatic N) is 2. The van der Waals surface area contributed by atoms with Gasteiger partial charge in [-0.25, -0.2) is 0 Å². The molecule has 2 heterocycles. The van der Waals surface area contributed by atoms with Gasteiger partial charge in [-0.3, -0.25) is 14.7 Å². The topological polar surface area (TPSA) is 63.7 Å². The number of rotatable bonds is 7. The number of aryl methyl sites for hydroxylation is 1. The van der Waals surface area contributed by atoms with Crippen LogP contribution in [0.4, 0.5) is 11.4 Å². The maximum absolute atomic E-state index is 13.3. The van der Waals surface area contributed by atoms with Gasteiger partial charge in [0.15, 0.2) is 6.17 Å². The molecule has 0 saturated heterocycles. The minimum Gasteiger partial charge on any atom is -0.494 e. The van der Waals surface area contributed by atoms with Crippen molar-refractivity contribution in [3.63, 3.8) is 0 Å². The van der Waals surface area contributed by atoms with E-state index in [0.717, 1.165) is 22.7 Å². The molecular formula is C24H25N3O3. The Hall–Kier alpha value is -3.54. The van der Waals surface area contributed by atoms with Crippen molar-refractivity contribution in [2.45, 2.75) is 26.9 Å². The molecule has 154 valence electrons. The van der Waals surface area contributed by atoms with E-state index >= 15 is 0 Å². The SMILES string of the molecule is CCOc1ccc(OCC)c(NC2c3ncccc3C(=O)N2c2ccc(C)cc2)c1. The molecule has 0 radical (unpaired) electrons. The minimum absolute atomic E-state index is 0.0848. The molecule has 6 heteroatoms. The van der Waals surface area contributed by atoms with Crippen molar-refractivity contribution in [1.29, 1.82) is 0 Å². The van der Waals surface area contributed by atoms with E-state index in [1.165, 1.54) is 0 Å². The van der Waals surface area contributed by atoms with Crippen molar-refractivity contribution in [2.24, 2.45) is 0 Å². The van der Waals surface area contributed by atoms with E-state index in [4.69, 9.17) is 9.47 Å². The van der Waals surface area contributed by atoms with Crippen LogP contribution in [0, 0.1) is 6.92 Å². The van der Waals surface area contributed by atoms with E-state index in [1.807, 2.05) is 69.3 Å². The van der Waals surface area contributed by atoms with E-state index in [9.17, 15) is 4.79 Å². The van der Waals surface area contributed by atoms with E-state index in [0.29, 0.717) is 30.2 Å². The minimum atomic E-state index is -0.465. The number of hydrogen-bond acceptors (Lipinski definition) is 5. The zero-order valence-corrected chi connectivity index (χ0v) is 17.4. The van der Waals surface area contributed by atoms with Gasteiger partial charge in [-0.2, -0.15) is 0 Å². The highest BCUT2D eigenvalue weighted by molar-refractivity contribution is 6.11. The van der Waals surface area contributed by atoms with Crippen molar-refractivity contribution >= 4 is 17.3 Å². The van der Waals surface area contributed by atoms with Crippen LogP contribution >= 0.6 is 0 Å². The van der Waals surface area contributed by atoms with Gasteiger partial charge in [-0.15, -0.1) is 0 Å². The summed E-state index contributed by atoms with van der Waals surface area (Å²) >= 11 is 0. The Morgan fingerprint density at radius 3 is 2.53 bits per heavy atom. The predicted molar refractivity (Wildman–Crippen MR) is 117 cm³/mol. The standard InChI is InChI=1S/C24H25N3O3/c1-4-29-18-12-13-21(30-5-2)20(15-18)26-23-22-19(7-6-14-25-22)24(28)27(23)17-10-8-16(3)9-11-17/h6-15,23,26H,4-5H2,1-3H3.